The average molecular weight is 457 g/mol. The molecule has 2 aromatic heterocycles. The summed E-state index contributed by atoms with van der Waals surface area (Å²) in [6.45, 7) is 6.05. The zero-order valence-corrected chi connectivity index (χ0v) is 18.1. The first kappa shape index (κ1) is 19.9. The fourth-order valence-electron chi connectivity index (χ4n) is 3.64. The number of furan rings is 1. The van der Waals surface area contributed by atoms with Crippen LogP contribution in [0.25, 0.3) is 11.0 Å². The van der Waals surface area contributed by atoms with Gasteiger partial charge in [-0.15, -0.1) is 0 Å². The van der Waals surface area contributed by atoms with Crippen molar-refractivity contribution in [3.63, 3.8) is 0 Å². The van der Waals surface area contributed by atoms with Gasteiger partial charge in [0, 0.05) is 22.8 Å². The van der Waals surface area contributed by atoms with E-state index in [9.17, 15) is 4.79 Å². The van der Waals surface area contributed by atoms with Crippen LogP contribution >= 0.6 is 15.9 Å². The normalized spacial score (nSPS) is 14.4. The molecule has 1 saturated heterocycles. The van der Waals surface area contributed by atoms with E-state index >= 15 is 0 Å². The largest absolute Gasteiger partial charge is 0.464 e. The van der Waals surface area contributed by atoms with E-state index in [4.69, 9.17) is 4.42 Å². The number of carbonyl (C=O) groups is 1. The Morgan fingerprint density at radius 3 is 2.86 bits per heavy atom. The third-order valence-electron chi connectivity index (χ3n) is 5.24. The second-order valence-electron chi connectivity index (χ2n) is 7.44. The third-order valence-corrected chi connectivity index (χ3v) is 6.13. The highest BCUT2D eigenvalue weighted by atomic mass is 79.9. The van der Waals surface area contributed by atoms with Gasteiger partial charge in [0.2, 0.25) is 0 Å². The van der Waals surface area contributed by atoms with Gasteiger partial charge in [-0.3, -0.25) is 4.79 Å². The molecule has 1 aliphatic rings. The number of nitrogens with zero attached hydrogens (tertiary/aromatic N) is 2. The van der Waals surface area contributed by atoms with Gasteiger partial charge in [0.25, 0.3) is 5.91 Å². The Bertz CT molecular complexity index is 1010. The number of aryl methyl sites for hydroxylation is 1. The quantitative estimate of drug-likeness (QED) is 0.496. The summed E-state index contributed by atoms with van der Waals surface area (Å²) < 4.78 is 6.60. The molecule has 0 radical (unpaired) electrons. The van der Waals surface area contributed by atoms with Crippen LogP contribution in [-0.2, 0) is 0 Å². The number of rotatable bonds is 7. The van der Waals surface area contributed by atoms with E-state index in [1.807, 2.05) is 31.2 Å². The standard InChI is InChI=1S/C22H25BrN4O2/c1-15-13-16(5-6-18(15)23)25-21-17-7-12-29-20(17)14-19(26-21)22(28)24-8-4-11-27-9-2-3-10-27/h5-7,12-14H,2-4,8-11H2,1H3,(H,24,28)(H,25,26). The lowest BCUT2D eigenvalue weighted by molar-refractivity contribution is 0.0947. The van der Waals surface area contributed by atoms with Crippen molar-refractivity contribution in [1.82, 2.24) is 15.2 Å². The summed E-state index contributed by atoms with van der Waals surface area (Å²) in [7, 11) is 0. The highest BCUT2D eigenvalue weighted by Crippen LogP contribution is 2.28. The van der Waals surface area contributed by atoms with E-state index in [1.54, 1.807) is 12.3 Å². The van der Waals surface area contributed by atoms with E-state index in [2.05, 4.69) is 36.4 Å². The van der Waals surface area contributed by atoms with Crippen LogP contribution in [0, 0.1) is 6.92 Å². The van der Waals surface area contributed by atoms with Crippen LogP contribution in [0.4, 0.5) is 11.5 Å². The number of fused-ring (bicyclic) bond motifs is 1. The molecule has 6 nitrogen and oxygen atoms in total. The summed E-state index contributed by atoms with van der Waals surface area (Å²) in [4.78, 5) is 19.7. The predicted molar refractivity (Wildman–Crippen MR) is 119 cm³/mol. The smallest absolute Gasteiger partial charge is 0.270 e. The monoisotopic (exact) mass is 456 g/mol. The first-order chi connectivity index (χ1) is 14.1. The molecule has 1 aromatic carbocycles. The number of hydrogen-bond acceptors (Lipinski definition) is 5. The molecule has 1 aliphatic heterocycles. The summed E-state index contributed by atoms with van der Waals surface area (Å²) in [5, 5.41) is 7.15. The highest BCUT2D eigenvalue weighted by Gasteiger charge is 2.15. The fraction of sp³-hybridized carbons (Fsp3) is 0.364. The molecule has 0 saturated carbocycles. The minimum Gasteiger partial charge on any atom is -0.464 e. The zero-order chi connectivity index (χ0) is 20.2. The van der Waals surface area contributed by atoms with Crippen LogP contribution in [0.2, 0.25) is 0 Å². The van der Waals surface area contributed by atoms with Crippen molar-refractivity contribution < 1.29 is 9.21 Å². The number of halogens is 1. The predicted octanol–water partition coefficient (Wildman–Crippen LogP) is 4.86. The Hall–Kier alpha value is -2.38. The molecule has 3 heterocycles. The highest BCUT2D eigenvalue weighted by molar-refractivity contribution is 9.10. The number of hydrogen-bond donors (Lipinski definition) is 2. The summed E-state index contributed by atoms with van der Waals surface area (Å²) >= 11 is 3.52. The number of amides is 1. The Kier molecular flexibility index (Phi) is 6.16. The fourth-order valence-corrected chi connectivity index (χ4v) is 3.88. The molecular weight excluding hydrogens is 432 g/mol. The SMILES string of the molecule is Cc1cc(Nc2nc(C(=O)NCCCN3CCCC3)cc3occc23)ccc1Br. The number of anilines is 2. The van der Waals surface area contributed by atoms with Gasteiger partial charge in [-0.05, 0) is 75.6 Å². The van der Waals surface area contributed by atoms with E-state index in [0.29, 0.717) is 23.6 Å². The number of carbonyl (C=O) groups excluding carboxylic acids is 1. The number of pyridine rings is 1. The molecule has 4 rings (SSSR count). The van der Waals surface area contributed by atoms with Crippen LogP contribution < -0.4 is 10.6 Å². The van der Waals surface area contributed by atoms with Gasteiger partial charge in [-0.1, -0.05) is 15.9 Å². The van der Waals surface area contributed by atoms with Crippen LogP contribution in [0.5, 0.6) is 0 Å². The molecule has 0 atom stereocenters. The van der Waals surface area contributed by atoms with Gasteiger partial charge >= 0.3 is 0 Å². The molecule has 0 spiro atoms. The molecule has 0 unspecified atom stereocenters. The van der Waals surface area contributed by atoms with Crippen LogP contribution in [0.15, 0.2) is 45.5 Å². The van der Waals surface area contributed by atoms with Crippen molar-refractivity contribution in [3.8, 4) is 0 Å². The van der Waals surface area contributed by atoms with Crippen LogP contribution in [0.1, 0.15) is 35.3 Å². The van der Waals surface area contributed by atoms with Gasteiger partial charge in [0.15, 0.2) is 0 Å². The Labute approximate surface area is 178 Å². The van der Waals surface area contributed by atoms with Crippen molar-refractivity contribution in [2.45, 2.75) is 26.2 Å². The molecule has 152 valence electrons. The van der Waals surface area contributed by atoms with Crippen molar-refractivity contribution in [3.05, 3.63) is 52.3 Å². The second kappa shape index (κ2) is 8.97. The molecular formula is C22H25BrN4O2. The molecule has 29 heavy (non-hydrogen) atoms. The number of benzene rings is 1. The van der Waals surface area contributed by atoms with Crippen LogP contribution in [0.3, 0.4) is 0 Å². The van der Waals surface area contributed by atoms with Crippen molar-refractivity contribution >= 4 is 44.3 Å². The van der Waals surface area contributed by atoms with Crippen molar-refractivity contribution in [1.29, 1.82) is 0 Å². The topological polar surface area (TPSA) is 70.4 Å². The van der Waals surface area contributed by atoms with Crippen LogP contribution in [-0.4, -0.2) is 42.0 Å². The summed E-state index contributed by atoms with van der Waals surface area (Å²) in [5.41, 5.74) is 3.01. The first-order valence-electron chi connectivity index (χ1n) is 10.0. The van der Waals surface area contributed by atoms with Crippen molar-refractivity contribution in [2.75, 3.05) is 31.5 Å². The Morgan fingerprint density at radius 1 is 1.24 bits per heavy atom. The summed E-state index contributed by atoms with van der Waals surface area (Å²) in [6.07, 6.45) is 5.13. The number of aromatic nitrogens is 1. The van der Waals surface area contributed by atoms with Gasteiger partial charge in [0.05, 0.1) is 11.6 Å². The lowest BCUT2D eigenvalue weighted by atomic mass is 10.2. The van der Waals surface area contributed by atoms with E-state index in [-0.39, 0.29) is 5.91 Å². The lowest BCUT2D eigenvalue weighted by Gasteiger charge is -2.14. The van der Waals surface area contributed by atoms with E-state index < -0.39 is 0 Å². The minimum atomic E-state index is -0.181. The minimum absolute atomic E-state index is 0.181. The maximum atomic E-state index is 12.6. The molecule has 1 fully saturated rings. The molecule has 1 amide bonds. The molecule has 7 heteroatoms. The number of likely N-dealkylation sites (tertiary alicyclic amines) is 1. The average Bonchev–Trinajstić information content (AvgIpc) is 3.39. The second-order valence-corrected chi connectivity index (χ2v) is 8.29. The van der Waals surface area contributed by atoms with Gasteiger partial charge in [0.1, 0.15) is 17.1 Å². The van der Waals surface area contributed by atoms with Gasteiger partial charge in [-0.25, -0.2) is 4.98 Å². The van der Waals surface area contributed by atoms with Crippen molar-refractivity contribution in [2.24, 2.45) is 0 Å². The Balaban J connectivity index is 1.46. The molecule has 3 aromatic rings. The summed E-state index contributed by atoms with van der Waals surface area (Å²) in [6, 6.07) is 9.54. The van der Waals surface area contributed by atoms with Gasteiger partial charge in [-0.2, -0.15) is 0 Å². The molecule has 2 N–H and O–H groups in total. The third kappa shape index (κ3) is 4.79. The lowest BCUT2D eigenvalue weighted by Crippen LogP contribution is -2.29. The van der Waals surface area contributed by atoms with Gasteiger partial charge < -0.3 is 20.0 Å². The number of nitrogens with one attached hydrogen (secondary N) is 2. The van der Waals surface area contributed by atoms with E-state index in [1.165, 1.54) is 25.9 Å². The summed E-state index contributed by atoms with van der Waals surface area (Å²) in [5.74, 6) is 0.431. The first-order valence-corrected chi connectivity index (χ1v) is 10.8. The zero-order valence-electron chi connectivity index (χ0n) is 16.5. The molecule has 0 aliphatic carbocycles. The Morgan fingerprint density at radius 2 is 2.07 bits per heavy atom. The molecule has 0 bridgehead atoms. The van der Waals surface area contributed by atoms with E-state index in [0.717, 1.165) is 34.1 Å². The maximum absolute atomic E-state index is 12.6. The maximum Gasteiger partial charge on any atom is 0.270 e.